The predicted octanol–water partition coefficient (Wildman–Crippen LogP) is -0.595. The molecule has 1 amide bonds. The molecule has 0 bridgehead atoms. The molecular weight excluding hydrogens is 108 g/mol. The zero-order valence-corrected chi connectivity index (χ0v) is 4.03. The molecule has 0 aliphatic carbocycles. The molecule has 0 fully saturated rings. The van der Waals surface area contributed by atoms with Gasteiger partial charge in [-0.05, 0) is 0 Å². The third kappa shape index (κ3) is 4.56. The van der Waals surface area contributed by atoms with Gasteiger partial charge >= 0.3 is 0 Å². The van der Waals surface area contributed by atoms with Gasteiger partial charge in [0, 0.05) is 0 Å². The van der Waals surface area contributed by atoms with Crippen LogP contribution in [0.1, 0.15) is 0 Å². The van der Waals surface area contributed by atoms with Crippen molar-refractivity contribution in [1.29, 1.82) is 5.26 Å². The Kier molecular flexibility index (Phi) is 3.07. The number of amides is 1. The Bertz CT molecular complexity index is 144. The number of carbonyl (C=O) groups is 1. The van der Waals surface area contributed by atoms with Crippen molar-refractivity contribution in [3.63, 3.8) is 0 Å². The topological polar surface area (TPSA) is 91.6 Å². The Balaban J connectivity index is 3.34. The first kappa shape index (κ1) is 6.56. The maximum atomic E-state index is 9.83. The molecule has 8 heavy (non-hydrogen) atoms. The Morgan fingerprint density at radius 2 is 2.50 bits per heavy atom. The highest BCUT2D eigenvalue weighted by Gasteiger charge is 1.85. The second-order valence-corrected chi connectivity index (χ2v) is 0.966. The molecule has 0 aliphatic heterocycles. The number of azo groups is 1. The summed E-state index contributed by atoms with van der Waals surface area (Å²) >= 11 is 0. The molecule has 0 aromatic heterocycles. The van der Waals surface area contributed by atoms with E-state index in [1.165, 1.54) is 6.19 Å². The molecule has 0 atom stereocenters. The first-order chi connectivity index (χ1) is 3.77. The van der Waals surface area contributed by atoms with E-state index in [-0.39, 0.29) is 6.54 Å². The van der Waals surface area contributed by atoms with Crippen molar-refractivity contribution in [3.8, 4) is 6.19 Å². The van der Waals surface area contributed by atoms with Crippen LogP contribution in [0.25, 0.3) is 0 Å². The van der Waals surface area contributed by atoms with Gasteiger partial charge < -0.3 is 5.73 Å². The second-order valence-electron chi connectivity index (χ2n) is 0.966. The molecule has 0 aliphatic rings. The monoisotopic (exact) mass is 112 g/mol. The third-order valence-corrected chi connectivity index (χ3v) is 0.342. The summed E-state index contributed by atoms with van der Waals surface area (Å²) in [6, 6.07) is 0. The molecule has 0 spiro atoms. The van der Waals surface area contributed by atoms with Crippen molar-refractivity contribution < 1.29 is 4.79 Å². The lowest BCUT2D eigenvalue weighted by molar-refractivity contribution is -0.116. The molecule has 5 nitrogen and oxygen atoms in total. The molecule has 0 heterocycles. The maximum Gasteiger partial charge on any atom is 0.241 e. The maximum absolute atomic E-state index is 9.83. The molecule has 0 aromatic rings. The van der Waals surface area contributed by atoms with Crippen molar-refractivity contribution in [1.82, 2.24) is 0 Å². The molecule has 0 saturated carbocycles. The molecular formula is C3H4N4O. The van der Waals surface area contributed by atoms with Crippen molar-refractivity contribution >= 4 is 5.91 Å². The predicted molar refractivity (Wildman–Crippen MR) is 24.5 cm³/mol. The van der Waals surface area contributed by atoms with Crippen LogP contribution in [0.15, 0.2) is 10.2 Å². The first-order valence-electron chi connectivity index (χ1n) is 1.81. The van der Waals surface area contributed by atoms with Gasteiger partial charge in [-0.3, -0.25) is 4.79 Å². The summed E-state index contributed by atoms with van der Waals surface area (Å²) < 4.78 is 0. The first-order valence-corrected chi connectivity index (χ1v) is 1.81. The minimum Gasteiger partial charge on any atom is -0.368 e. The Labute approximate surface area is 45.8 Å². The number of hydrogen-bond donors (Lipinski definition) is 1. The summed E-state index contributed by atoms with van der Waals surface area (Å²) in [6.45, 7) is -0.215. The Morgan fingerprint density at radius 1 is 1.88 bits per heavy atom. The number of carbonyl (C=O) groups excluding carboxylic acids is 1. The molecule has 0 rings (SSSR count). The normalized spacial score (nSPS) is 8.88. The van der Waals surface area contributed by atoms with E-state index in [0.717, 1.165) is 0 Å². The number of nitriles is 1. The van der Waals surface area contributed by atoms with E-state index in [1.807, 2.05) is 0 Å². The van der Waals surface area contributed by atoms with Crippen molar-refractivity contribution in [2.75, 3.05) is 6.54 Å². The van der Waals surface area contributed by atoms with Crippen LogP contribution in [0.4, 0.5) is 0 Å². The molecule has 0 unspecified atom stereocenters. The number of hydrogen-bond acceptors (Lipinski definition) is 4. The fourth-order valence-corrected chi connectivity index (χ4v) is 0.137. The van der Waals surface area contributed by atoms with E-state index in [4.69, 9.17) is 5.26 Å². The van der Waals surface area contributed by atoms with Crippen LogP contribution >= 0.6 is 0 Å². The highest BCUT2D eigenvalue weighted by Crippen LogP contribution is 1.68. The van der Waals surface area contributed by atoms with E-state index < -0.39 is 5.91 Å². The number of nitrogens with zero attached hydrogens (tertiary/aromatic N) is 3. The summed E-state index contributed by atoms with van der Waals surface area (Å²) in [5.74, 6) is -0.594. The van der Waals surface area contributed by atoms with Crippen molar-refractivity contribution in [3.05, 3.63) is 0 Å². The van der Waals surface area contributed by atoms with Crippen molar-refractivity contribution in [2.45, 2.75) is 0 Å². The van der Waals surface area contributed by atoms with E-state index >= 15 is 0 Å². The second kappa shape index (κ2) is 3.74. The van der Waals surface area contributed by atoms with Gasteiger partial charge in [-0.25, -0.2) is 0 Å². The van der Waals surface area contributed by atoms with Gasteiger partial charge in [0.25, 0.3) is 0 Å². The zero-order chi connectivity index (χ0) is 6.41. The van der Waals surface area contributed by atoms with Crippen LogP contribution in [0.3, 0.4) is 0 Å². The molecule has 0 radical (unpaired) electrons. The largest absolute Gasteiger partial charge is 0.368 e. The fourth-order valence-electron chi connectivity index (χ4n) is 0.137. The van der Waals surface area contributed by atoms with Crippen molar-refractivity contribution in [2.24, 2.45) is 16.0 Å². The average Bonchev–Trinajstić information content (AvgIpc) is 1.66. The minimum absolute atomic E-state index is 0.215. The molecule has 2 N–H and O–H groups in total. The van der Waals surface area contributed by atoms with Crippen LogP contribution in [0.2, 0.25) is 0 Å². The highest BCUT2D eigenvalue weighted by molar-refractivity contribution is 5.75. The smallest absolute Gasteiger partial charge is 0.241 e. The molecule has 0 saturated heterocycles. The lowest BCUT2D eigenvalue weighted by atomic mass is 10.7. The minimum atomic E-state index is -0.594. The third-order valence-electron chi connectivity index (χ3n) is 0.342. The number of nitrogens with two attached hydrogens (primary N) is 1. The molecule has 5 heteroatoms. The van der Waals surface area contributed by atoms with Crippen LogP contribution in [0.5, 0.6) is 0 Å². The summed E-state index contributed by atoms with van der Waals surface area (Å²) in [5.41, 5.74) is 4.63. The Morgan fingerprint density at radius 3 is 2.88 bits per heavy atom. The summed E-state index contributed by atoms with van der Waals surface area (Å²) in [5, 5.41) is 13.6. The van der Waals surface area contributed by atoms with Gasteiger partial charge in [0.1, 0.15) is 6.54 Å². The quantitative estimate of drug-likeness (QED) is 0.381. The van der Waals surface area contributed by atoms with E-state index in [2.05, 4.69) is 16.0 Å². The van der Waals surface area contributed by atoms with Gasteiger partial charge in [-0.1, -0.05) is 5.11 Å². The van der Waals surface area contributed by atoms with Gasteiger partial charge in [0.15, 0.2) is 0 Å². The van der Waals surface area contributed by atoms with Gasteiger partial charge in [-0.2, -0.15) is 10.4 Å². The number of primary amides is 1. The van der Waals surface area contributed by atoms with Gasteiger partial charge in [0.2, 0.25) is 12.1 Å². The van der Waals surface area contributed by atoms with Crippen LogP contribution in [-0.2, 0) is 4.79 Å². The lowest BCUT2D eigenvalue weighted by Crippen LogP contribution is -2.13. The summed E-state index contributed by atoms with van der Waals surface area (Å²) in [6.07, 6.45) is 1.37. The summed E-state index contributed by atoms with van der Waals surface area (Å²) in [7, 11) is 0. The van der Waals surface area contributed by atoms with Crippen LogP contribution in [-0.4, -0.2) is 12.5 Å². The molecule has 0 aromatic carbocycles. The zero-order valence-electron chi connectivity index (χ0n) is 4.03. The average molecular weight is 112 g/mol. The number of rotatable bonds is 2. The summed E-state index contributed by atoms with van der Waals surface area (Å²) in [4.78, 5) is 9.83. The Hall–Kier alpha value is -1.44. The molecule has 42 valence electrons. The SMILES string of the molecule is N#CN=NCC(N)=O. The van der Waals surface area contributed by atoms with Gasteiger partial charge in [-0.15, -0.1) is 0 Å². The van der Waals surface area contributed by atoms with Crippen LogP contribution in [0, 0.1) is 11.5 Å². The fraction of sp³-hybridized carbons (Fsp3) is 0.333. The van der Waals surface area contributed by atoms with Crippen LogP contribution < -0.4 is 5.73 Å². The van der Waals surface area contributed by atoms with Gasteiger partial charge in [0.05, 0.1) is 0 Å². The van der Waals surface area contributed by atoms with E-state index in [1.54, 1.807) is 0 Å². The lowest BCUT2D eigenvalue weighted by Gasteiger charge is -1.77. The van der Waals surface area contributed by atoms with E-state index in [9.17, 15) is 4.79 Å². The standard InChI is InChI=1S/C3H4N4O/c4-2-7-6-1-3(5)8/h1H2,(H2,5,8). The highest BCUT2D eigenvalue weighted by atomic mass is 16.1. The van der Waals surface area contributed by atoms with E-state index in [0.29, 0.717) is 0 Å².